The first-order chi connectivity index (χ1) is 15.9. The van der Waals surface area contributed by atoms with Crippen molar-refractivity contribution in [2.45, 2.75) is 43.9 Å². The molecule has 0 aliphatic rings. The molecule has 0 aliphatic carbocycles. The normalized spacial score (nSPS) is 14.9. The van der Waals surface area contributed by atoms with E-state index in [2.05, 4.69) is 9.98 Å². The van der Waals surface area contributed by atoms with Crippen LogP contribution in [0.4, 0.5) is 27.6 Å². The quantitative estimate of drug-likeness (QED) is 0.316. The van der Waals surface area contributed by atoms with Gasteiger partial charge in [-0.15, -0.1) is 0 Å². The Kier molecular flexibility index (Phi) is 7.40. The summed E-state index contributed by atoms with van der Waals surface area (Å²) in [6, 6.07) is 8.28. The minimum Gasteiger partial charge on any atom is -0.496 e. The molecule has 0 radical (unpaired) electrons. The lowest BCUT2D eigenvalue weighted by Gasteiger charge is -2.30. The van der Waals surface area contributed by atoms with Crippen molar-refractivity contribution < 1.29 is 31.8 Å². The molecular formula is C24H23F5N2O3. The van der Waals surface area contributed by atoms with E-state index in [9.17, 15) is 31.9 Å². The number of hydrogen-bond donors (Lipinski definition) is 2. The van der Waals surface area contributed by atoms with Gasteiger partial charge in [-0.1, -0.05) is 13.0 Å². The van der Waals surface area contributed by atoms with E-state index in [1.165, 1.54) is 25.3 Å². The number of alkyl halides is 3. The molecular weight excluding hydrogens is 459 g/mol. The first kappa shape index (κ1) is 25.4. The molecule has 34 heavy (non-hydrogen) atoms. The molecule has 5 nitrogen and oxygen atoms in total. The fraction of sp³-hybridized carbons (Fsp3) is 0.333. The molecule has 2 unspecified atom stereocenters. The standard InChI is InChI=1S/C24H23F5N2O3/c1-3-14(17-5-4-15(25)10-21(17)34-2)11-23(33,12-24(27,28)29)13-30-19-8-16(26)9-20-18(19)6-7-22(32)31-20/h4-10,13-14,33H,3,11-12H2,1-2H3,(H,31,32). The maximum absolute atomic E-state index is 14.0. The Morgan fingerprint density at radius 2 is 1.85 bits per heavy atom. The highest BCUT2D eigenvalue weighted by Gasteiger charge is 2.42. The molecule has 1 heterocycles. The fourth-order valence-electron chi connectivity index (χ4n) is 3.95. The number of nitrogens with zero attached hydrogens (tertiary/aromatic N) is 1. The summed E-state index contributed by atoms with van der Waals surface area (Å²) >= 11 is 0. The number of nitrogens with one attached hydrogen (secondary N) is 1. The summed E-state index contributed by atoms with van der Waals surface area (Å²) in [4.78, 5) is 17.9. The zero-order chi connectivity index (χ0) is 25.1. The van der Waals surface area contributed by atoms with Crippen LogP contribution in [-0.4, -0.2) is 35.2 Å². The average molecular weight is 482 g/mol. The molecule has 10 heteroatoms. The number of fused-ring (bicyclic) bond motifs is 1. The Morgan fingerprint density at radius 3 is 2.50 bits per heavy atom. The number of H-pyrrole nitrogens is 1. The van der Waals surface area contributed by atoms with E-state index in [1.807, 2.05) is 0 Å². The predicted octanol–water partition coefficient (Wildman–Crippen LogP) is 5.78. The Labute approximate surface area is 191 Å². The van der Waals surface area contributed by atoms with Gasteiger partial charge >= 0.3 is 6.18 Å². The van der Waals surface area contributed by atoms with Gasteiger partial charge in [-0.05, 0) is 42.5 Å². The van der Waals surface area contributed by atoms with E-state index < -0.39 is 47.7 Å². The van der Waals surface area contributed by atoms with Gasteiger partial charge in [0.05, 0.1) is 24.7 Å². The number of aromatic nitrogens is 1. The van der Waals surface area contributed by atoms with Crippen LogP contribution < -0.4 is 10.3 Å². The number of aromatic amines is 1. The predicted molar refractivity (Wildman–Crippen MR) is 119 cm³/mol. The Balaban J connectivity index is 2.04. The van der Waals surface area contributed by atoms with Gasteiger partial charge in [-0.3, -0.25) is 9.79 Å². The lowest BCUT2D eigenvalue weighted by atomic mass is 9.82. The van der Waals surface area contributed by atoms with Gasteiger partial charge in [-0.25, -0.2) is 8.78 Å². The van der Waals surface area contributed by atoms with Gasteiger partial charge in [0.15, 0.2) is 0 Å². The van der Waals surface area contributed by atoms with Crippen LogP contribution >= 0.6 is 0 Å². The van der Waals surface area contributed by atoms with Gasteiger partial charge < -0.3 is 14.8 Å². The second-order valence-electron chi connectivity index (χ2n) is 8.06. The van der Waals surface area contributed by atoms with Crippen LogP contribution in [-0.2, 0) is 0 Å². The molecule has 0 saturated heterocycles. The highest BCUT2D eigenvalue weighted by Crippen LogP contribution is 2.39. The fourth-order valence-corrected chi connectivity index (χ4v) is 3.95. The molecule has 0 amide bonds. The molecule has 0 aliphatic heterocycles. The Bertz CT molecular complexity index is 1260. The highest BCUT2D eigenvalue weighted by atomic mass is 19.4. The molecule has 1 aromatic heterocycles. The van der Waals surface area contributed by atoms with Gasteiger partial charge in [0.1, 0.15) is 23.0 Å². The molecule has 0 saturated carbocycles. The molecule has 0 bridgehead atoms. The monoisotopic (exact) mass is 482 g/mol. The number of aliphatic imine (C=N–C) groups is 1. The van der Waals surface area contributed by atoms with Crippen molar-refractivity contribution in [3.63, 3.8) is 0 Å². The van der Waals surface area contributed by atoms with E-state index in [1.54, 1.807) is 6.92 Å². The minimum atomic E-state index is -4.73. The number of hydrogen-bond acceptors (Lipinski definition) is 4. The molecule has 2 N–H and O–H groups in total. The largest absolute Gasteiger partial charge is 0.496 e. The van der Waals surface area contributed by atoms with Crippen molar-refractivity contribution in [3.05, 3.63) is 70.0 Å². The van der Waals surface area contributed by atoms with Crippen LogP contribution in [0.5, 0.6) is 5.75 Å². The summed E-state index contributed by atoms with van der Waals surface area (Å²) < 4.78 is 73.0. The van der Waals surface area contributed by atoms with E-state index in [-0.39, 0.29) is 17.0 Å². The number of rotatable bonds is 8. The SMILES string of the molecule is CCC(CC(O)(C=Nc1cc(F)cc2[nH]c(=O)ccc12)CC(F)(F)F)c1ccc(F)cc1OC. The molecule has 2 atom stereocenters. The Hall–Kier alpha value is -3.27. The zero-order valence-electron chi connectivity index (χ0n) is 18.4. The Morgan fingerprint density at radius 1 is 1.12 bits per heavy atom. The third-order valence-electron chi connectivity index (χ3n) is 5.46. The minimum absolute atomic E-state index is 0.0562. The second-order valence-corrected chi connectivity index (χ2v) is 8.06. The van der Waals surface area contributed by atoms with Gasteiger partial charge in [-0.2, -0.15) is 13.2 Å². The summed E-state index contributed by atoms with van der Waals surface area (Å²) in [6.45, 7) is 1.72. The van der Waals surface area contributed by atoms with E-state index in [4.69, 9.17) is 4.74 Å². The first-order valence-corrected chi connectivity index (χ1v) is 10.4. The smallest absolute Gasteiger partial charge is 0.392 e. The summed E-state index contributed by atoms with van der Waals surface area (Å²) in [5.41, 5.74) is -2.45. The summed E-state index contributed by atoms with van der Waals surface area (Å²) in [7, 11) is 1.31. The average Bonchev–Trinajstić information content (AvgIpc) is 2.74. The lowest BCUT2D eigenvalue weighted by Crippen LogP contribution is -2.38. The van der Waals surface area contributed by atoms with Crippen molar-refractivity contribution in [1.29, 1.82) is 0 Å². The third kappa shape index (κ3) is 6.19. The van der Waals surface area contributed by atoms with Crippen molar-refractivity contribution in [2.24, 2.45) is 4.99 Å². The van der Waals surface area contributed by atoms with Crippen molar-refractivity contribution in [2.75, 3.05) is 7.11 Å². The summed E-state index contributed by atoms with van der Waals surface area (Å²) in [5.74, 6) is -1.81. The zero-order valence-corrected chi connectivity index (χ0v) is 18.4. The summed E-state index contributed by atoms with van der Waals surface area (Å²) in [6.07, 6.45) is -5.67. The van der Waals surface area contributed by atoms with Crippen LogP contribution in [0, 0.1) is 11.6 Å². The lowest BCUT2D eigenvalue weighted by molar-refractivity contribution is -0.163. The maximum Gasteiger partial charge on any atom is 0.392 e. The van der Waals surface area contributed by atoms with E-state index in [0.29, 0.717) is 17.4 Å². The van der Waals surface area contributed by atoms with E-state index in [0.717, 1.165) is 30.5 Å². The molecule has 0 spiro atoms. The topological polar surface area (TPSA) is 74.7 Å². The number of ether oxygens (including phenoxy) is 1. The van der Waals surface area contributed by atoms with Crippen LogP contribution in [0.25, 0.3) is 10.9 Å². The molecule has 3 aromatic rings. The second kappa shape index (κ2) is 9.92. The highest BCUT2D eigenvalue weighted by molar-refractivity contribution is 5.91. The van der Waals surface area contributed by atoms with Gasteiger partial charge in [0, 0.05) is 29.8 Å². The number of aliphatic hydroxyl groups is 1. The molecule has 182 valence electrons. The maximum atomic E-state index is 14.0. The number of methoxy groups -OCH3 is 1. The van der Waals surface area contributed by atoms with E-state index >= 15 is 0 Å². The van der Waals surface area contributed by atoms with Gasteiger partial charge in [0.25, 0.3) is 0 Å². The van der Waals surface area contributed by atoms with Crippen molar-refractivity contribution in [3.8, 4) is 5.75 Å². The van der Waals surface area contributed by atoms with Crippen LogP contribution in [0.3, 0.4) is 0 Å². The number of halogens is 5. The summed E-state index contributed by atoms with van der Waals surface area (Å²) in [5, 5.41) is 11.3. The van der Waals surface area contributed by atoms with Gasteiger partial charge in [0.2, 0.25) is 5.56 Å². The molecule has 3 rings (SSSR count). The molecule has 0 fully saturated rings. The first-order valence-electron chi connectivity index (χ1n) is 10.4. The van der Waals surface area contributed by atoms with Crippen LogP contribution in [0.2, 0.25) is 0 Å². The molecule has 2 aromatic carbocycles. The third-order valence-corrected chi connectivity index (χ3v) is 5.46. The number of pyridine rings is 1. The number of benzene rings is 2. The van der Waals surface area contributed by atoms with Crippen LogP contribution in [0.1, 0.15) is 37.7 Å². The van der Waals surface area contributed by atoms with Crippen molar-refractivity contribution >= 4 is 22.8 Å². The van der Waals surface area contributed by atoms with Crippen molar-refractivity contribution in [1.82, 2.24) is 4.98 Å². The van der Waals surface area contributed by atoms with Crippen LogP contribution in [0.15, 0.2) is 52.3 Å².